The van der Waals surface area contributed by atoms with Crippen molar-refractivity contribution in [3.63, 3.8) is 0 Å². The summed E-state index contributed by atoms with van der Waals surface area (Å²) >= 11 is 0. The van der Waals surface area contributed by atoms with E-state index in [2.05, 4.69) is 0 Å². The van der Waals surface area contributed by atoms with Crippen molar-refractivity contribution in [1.82, 2.24) is 4.90 Å². The van der Waals surface area contributed by atoms with Gasteiger partial charge in [-0.05, 0) is 49.4 Å². The Kier molecular flexibility index (Phi) is 5.56. The maximum atomic E-state index is 13.0. The SMILES string of the molecule is Cc1ccc(N(C)S(=O)(=O)c2cccc(C(=O)N(C)Cc3ccco3)c2)cc1. The lowest BCUT2D eigenvalue weighted by Crippen LogP contribution is -2.28. The summed E-state index contributed by atoms with van der Waals surface area (Å²) in [7, 11) is -0.652. The monoisotopic (exact) mass is 398 g/mol. The van der Waals surface area contributed by atoms with E-state index in [1.807, 2.05) is 19.1 Å². The Morgan fingerprint density at radius 1 is 1.00 bits per heavy atom. The molecule has 0 bridgehead atoms. The number of furan rings is 1. The molecular formula is C21H22N2O4S. The number of hydrogen-bond donors (Lipinski definition) is 0. The summed E-state index contributed by atoms with van der Waals surface area (Å²) in [4.78, 5) is 14.2. The Morgan fingerprint density at radius 2 is 1.71 bits per heavy atom. The van der Waals surface area contributed by atoms with Crippen molar-refractivity contribution in [2.24, 2.45) is 0 Å². The highest BCUT2D eigenvalue weighted by molar-refractivity contribution is 7.92. The third-order valence-electron chi connectivity index (χ3n) is 4.46. The van der Waals surface area contributed by atoms with E-state index in [0.717, 1.165) is 5.56 Å². The number of aryl methyl sites for hydroxylation is 1. The molecule has 0 N–H and O–H groups in total. The molecule has 28 heavy (non-hydrogen) atoms. The van der Waals surface area contributed by atoms with E-state index in [1.54, 1.807) is 49.7 Å². The minimum Gasteiger partial charge on any atom is -0.467 e. The van der Waals surface area contributed by atoms with Crippen LogP contribution in [0.3, 0.4) is 0 Å². The Bertz CT molecular complexity index is 1060. The number of hydrogen-bond acceptors (Lipinski definition) is 4. The fourth-order valence-electron chi connectivity index (χ4n) is 2.77. The zero-order valence-corrected chi connectivity index (χ0v) is 16.8. The average molecular weight is 398 g/mol. The normalized spacial score (nSPS) is 11.2. The van der Waals surface area contributed by atoms with E-state index in [1.165, 1.54) is 28.4 Å². The van der Waals surface area contributed by atoms with Crippen LogP contribution in [0.25, 0.3) is 0 Å². The second-order valence-electron chi connectivity index (χ2n) is 6.58. The predicted molar refractivity (Wildman–Crippen MR) is 108 cm³/mol. The number of anilines is 1. The third-order valence-corrected chi connectivity index (χ3v) is 6.24. The van der Waals surface area contributed by atoms with Crippen molar-refractivity contribution in [2.45, 2.75) is 18.4 Å². The van der Waals surface area contributed by atoms with Gasteiger partial charge in [-0.1, -0.05) is 23.8 Å². The first-order valence-electron chi connectivity index (χ1n) is 8.72. The summed E-state index contributed by atoms with van der Waals surface area (Å²) in [5.74, 6) is 0.366. The van der Waals surface area contributed by atoms with E-state index >= 15 is 0 Å². The molecule has 1 aromatic heterocycles. The largest absolute Gasteiger partial charge is 0.467 e. The van der Waals surface area contributed by atoms with E-state index in [4.69, 9.17) is 4.42 Å². The fraction of sp³-hybridized carbons (Fsp3) is 0.190. The molecule has 1 heterocycles. The third kappa shape index (κ3) is 4.09. The van der Waals surface area contributed by atoms with Crippen molar-refractivity contribution in [2.75, 3.05) is 18.4 Å². The molecule has 1 amide bonds. The molecule has 3 rings (SSSR count). The zero-order chi connectivity index (χ0) is 20.3. The van der Waals surface area contributed by atoms with Gasteiger partial charge in [-0.15, -0.1) is 0 Å². The molecule has 6 nitrogen and oxygen atoms in total. The Labute approximate surface area is 165 Å². The molecule has 0 atom stereocenters. The van der Waals surface area contributed by atoms with Crippen LogP contribution < -0.4 is 4.31 Å². The second-order valence-corrected chi connectivity index (χ2v) is 8.55. The molecule has 2 aromatic carbocycles. The quantitative estimate of drug-likeness (QED) is 0.635. The topological polar surface area (TPSA) is 70.8 Å². The van der Waals surface area contributed by atoms with Crippen LogP contribution in [0.15, 0.2) is 76.2 Å². The number of carbonyl (C=O) groups is 1. The number of amides is 1. The van der Waals surface area contributed by atoms with Crippen LogP contribution >= 0.6 is 0 Å². The molecule has 0 aliphatic carbocycles. The van der Waals surface area contributed by atoms with E-state index < -0.39 is 10.0 Å². The summed E-state index contributed by atoms with van der Waals surface area (Å²) < 4.78 is 32.5. The molecular weight excluding hydrogens is 376 g/mol. The number of sulfonamides is 1. The van der Waals surface area contributed by atoms with Crippen molar-refractivity contribution in [3.8, 4) is 0 Å². The number of carbonyl (C=O) groups excluding carboxylic acids is 1. The summed E-state index contributed by atoms with van der Waals surface area (Å²) in [6, 6.07) is 16.8. The first-order valence-corrected chi connectivity index (χ1v) is 10.2. The van der Waals surface area contributed by atoms with Gasteiger partial charge >= 0.3 is 0 Å². The lowest BCUT2D eigenvalue weighted by atomic mass is 10.2. The maximum Gasteiger partial charge on any atom is 0.264 e. The van der Waals surface area contributed by atoms with Crippen molar-refractivity contribution in [1.29, 1.82) is 0 Å². The van der Waals surface area contributed by atoms with Gasteiger partial charge in [-0.3, -0.25) is 9.10 Å². The van der Waals surface area contributed by atoms with E-state index in [9.17, 15) is 13.2 Å². The van der Waals surface area contributed by atoms with Gasteiger partial charge < -0.3 is 9.32 Å². The smallest absolute Gasteiger partial charge is 0.264 e. The molecule has 0 aliphatic heterocycles. The highest BCUT2D eigenvalue weighted by Crippen LogP contribution is 2.23. The van der Waals surface area contributed by atoms with Gasteiger partial charge in [0.2, 0.25) is 0 Å². The Hall–Kier alpha value is -3.06. The molecule has 0 aliphatic rings. The Balaban J connectivity index is 1.85. The van der Waals surface area contributed by atoms with E-state index in [-0.39, 0.29) is 10.8 Å². The van der Waals surface area contributed by atoms with Gasteiger partial charge in [0.1, 0.15) is 5.76 Å². The van der Waals surface area contributed by atoms with E-state index in [0.29, 0.717) is 23.6 Å². The van der Waals surface area contributed by atoms with Crippen LogP contribution in [0, 0.1) is 6.92 Å². The van der Waals surface area contributed by atoms with Gasteiger partial charge in [0, 0.05) is 19.7 Å². The highest BCUT2D eigenvalue weighted by atomic mass is 32.2. The average Bonchev–Trinajstić information content (AvgIpc) is 3.20. The first kappa shape index (κ1) is 19.7. The molecule has 0 unspecified atom stereocenters. The van der Waals surface area contributed by atoms with Gasteiger partial charge in [0.15, 0.2) is 0 Å². The van der Waals surface area contributed by atoms with Crippen LogP contribution in [0.5, 0.6) is 0 Å². The molecule has 0 saturated carbocycles. The van der Waals surface area contributed by atoms with Gasteiger partial charge in [-0.25, -0.2) is 8.42 Å². The summed E-state index contributed by atoms with van der Waals surface area (Å²) in [6.45, 7) is 2.23. The number of rotatable bonds is 6. The molecule has 0 saturated heterocycles. The predicted octanol–water partition coefficient (Wildman–Crippen LogP) is 3.69. The molecule has 7 heteroatoms. The molecule has 146 valence electrons. The molecule has 0 fully saturated rings. The molecule has 3 aromatic rings. The second kappa shape index (κ2) is 7.90. The fourth-order valence-corrected chi connectivity index (χ4v) is 4.01. The lowest BCUT2D eigenvalue weighted by Gasteiger charge is -2.21. The maximum absolute atomic E-state index is 13.0. The van der Waals surface area contributed by atoms with Crippen LogP contribution in [0.4, 0.5) is 5.69 Å². The first-order chi connectivity index (χ1) is 13.3. The number of nitrogens with zero attached hydrogens (tertiary/aromatic N) is 2. The highest BCUT2D eigenvalue weighted by Gasteiger charge is 2.23. The zero-order valence-electron chi connectivity index (χ0n) is 16.0. The van der Waals surface area contributed by atoms with Crippen LogP contribution in [0.2, 0.25) is 0 Å². The summed E-state index contributed by atoms with van der Waals surface area (Å²) in [6.07, 6.45) is 1.54. The van der Waals surface area contributed by atoms with Gasteiger partial charge in [0.05, 0.1) is 23.4 Å². The van der Waals surface area contributed by atoms with Crippen LogP contribution in [0.1, 0.15) is 21.7 Å². The summed E-state index contributed by atoms with van der Waals surface area (Å²) in [5, 5.41) is 0. The van der Waals surface area contributed by atoms with Gasteiger partial charge in [0.25, 0.3) is 15.9 Å². The Morgan fingerprint density at radius 3 is 2.36 bits per heavy atom. The van der Waals surface area contributed by atoms with Crippen molar-refractivity contribution < 1.29 is 17.6 Å². The molecule has 0 spiro atoms. The minimum atomic E-state index is -3.79. The standard InChI is InChI=1S/C21H22N2O4S/c1-16-9-11-18(12-10-16)23(3)28(25,26)20-8-4-6-17(14-20)21(24)22(2)15-19-7-5-13-27-19/h4-14H,15H2,1-3H3. The van der Waals surface area contributed by atoms with Crippen LogP contribution in [-0.4, -0.2) is 33.3 Å². The summed E-state index contributed by atoms with van der Waals surface area (Å²) in [5.41, 5.74) is 1.89. The number of benzene rings is 2. The van der Waals surface area contributed by atoms with Crippen molar-refractivity contribution >= 4 is 21.6 Å². The van der Waals surface area contributed by atoms with Gasteiger partial charge in [-0.2, -0.15) is 0 Å². The lowest BCUT2D eigenvalue weighted by molar-refractivity contribution is 0.0775. The van der Waals surface area contributed by atoms with Crippen molar-refractivity contribution in [3.05, 3.63) is 83.8 Å². The van der Waals surface area contributed by atoms with Crippen LogP contribution in [-0.2, 0) is 16.6 Å². The minimum absolute atomic E-state index is 0.0628. The molecule has 0 radical (unpaired) electrons.